The van der Waals surface area contributed by atoms with Crippen LogP contribution in [0.2, 0.25) is 0 Å². The molecule has 1 heterocycles. The molecule has 0 aliphatic heterocycles. The highest BCUT2D eigenvalue weighted by Gasteiger charge is 2.06. The van der Waals surface area contributed by atoms with Crippen LogP contribution >= 0.6 is 11.3 Å². The van der Waals surface area contributed by atoms with E-state index in [1.165, 1.54) is 0 Å². The minimum absolute atomic E-state index is 0.299. The van der Waals surface area contributed by atoms with Gasteiger partial charge in [-0.15, -0.1) is 21.5 Å². The average molecular weight is 271 g/mol. The molecule has 1 aromatic heterocycles. The van der Waals surface area contributed by atoms with E-state index >= 15 is 0 Å². The van der Waals surface area contributed by atoms with Gasteiger partial charge in [-0.1, -0.05) is 13.8 Å². The number of aryl methyl sites for hydroxylation is 2. The zero-order valence-electron chi connectivity index (χ0n) is 11.9. The van der Waals surface area contributed by atoms with E-state index in [1.807, 2.05) is 0 Å². The van der Waals surface area contributed by atoms with Crippen LogP contribution in [0.25, 0.3) is 0 Å². The van der Waals surface area contributed by atoms with Crippen molar-refractivity contribution in [1.82, 2.24) is 15.5 Å². The fourth-order valence-electron chi connectivity index (χ4n) is 1.57. The van der Waals surface area contributed by atoms with Crippen molar-refractivity contribution in [2.45, 2.75) is 58.6 Å². The second kappa shape index (κ2) is 8.56. The summed E-state index contributed by atoms with van der Waals surface area (Å²) < 4.78 is 5.23. The fourth-order valence-corrected chi connectivity index (χ4v) is 2.47. The monoisotopic (exact) mass is 271 g/mol. The van der Waals surface area contributed by atoms with Gasteiger partial charge in [0, 0.05) is 26.0 Å². The summed E-state index contributed by atoms with van der Waals surface area (Å²) in [6, 6.07) is 0.561. The van der Waals surface area contributed by atoms with Gasteiger partial charge in [-0.05, 0) is 26.3 Å². The van der Waals surface area contributed by atoms with E-state index in [9.17, 15) is 0 Å². The normalized spacial score (nSPS) is 13.2. The minimum Gasteiger partial charge on any atom is -0.382 e. The lowest BCUT2D eigenvalue weighted by atomic mass is 10.2. The first kappa shape index (κ1) is 15.5. The quantitative estimate of drug-likeness (QED) is 0.701. The van der Waals surface area contributed by atoms with Gasteiger partial charge in [0.15, 0.2) is 0 Å². The maximum Gasteiger partial charge on any atom is 0.117 e. The molecule has 1 rings (SSSR count). The third kappa shape index (κ3) is 6.42. The second-order valence-electron chi connectivity index (χ2n) is 4.89. The van der Waals surface area contributed by atoms with Crippen LogP contribution < -0.4 is 5.32 Å². The molecule has 1 atom stereocenters. The minimum atomic E-state index is 0.299. The summed E-state index contributed by atoms with van der Waals surface area (Å²) in [5.74, 6) is 0. The van der Waals surface area contributed by atoms with Crippen molar-refractivity contribution in [3.63, 3.8) is 0 Å². The molecule has 0 bridgehead atoms. The molecular formula is C13H25N3OS. The molecule has 0 aromatic carbocycles. The van der Waals surface area contributed by atoms with Gasteiger partial charge in [0.25, 0.3) is 0 Å². The maximum absolute atomic E-state index is 5.23. The Balaban J connectivity index is 2.21. The van der Waals surface area contributed by atoms with E-state index < -0.39 is 0 Å². The maximum atomic E-state index is 5.23. The van der Waals surface area contributed by atoms with Crippen molar-refractivity contribution in [2.75, 3.05) is 13.7 Å². The van der Waals surface area contributed by atoms with Gasteiger partial charge < -0.3 is 10.1 Å². The molecule has 5 heteroatoms. The first-order valence-electron chi connectivity index (χ1n) is 6.69. The van der Waals surface area contributed by atoms with Crippen molar-refractivity contribution in [2.24, 2.45) is 0 Å². The number of hydrogen-bond acceptors (Lipinski definition) is 5. The Bertz CT molecular complexity index is 328. The van der Waals surface area contributed by atoms with Crippen molar-refractivity contribution >= 4 is 11.3 Å². The predicted octanol–water partition coefficient (Wildman–Crippen LogP) is 2.44. The van der Waals surface area contributed by atoms with Crippen molar-refractivity contribution in [3.8, 4) is 0 Å². The molecule has 0 spiro atoms. The molecule has 1 N–H and O–H groups in total. The Hall–Kier alpha value is -0.520. The third-order valence-corrected chi connectivity index (χ3v) is 3.84. The number of aromatic nitrogens is 2. The van der Waals surface area contributed by atoms with E-state index in [0.717, 1.165) is 42.2 Å². The van der Waals surface area contributed by atoms with E-state index in [-0.39, 0.29) is 0 Å². The summed E-state index contributed by atoms with van der Waals surface area (Å²) in [4.78, 5) is 0. The Labute approximate surface area is 114 Å². The SMILES string of the molecule is COC(C)CCc1nnc(CCCNC(C)C)s1. The highest BCUT2D eigenvalue weighted by atomic mass is 32.1. The molecular weight excluding hydrogens is 246 g/mol. The lowest BCUT2D eigenvalue weighted by Crippen LogP contribution is -2.23. The van der Waals surface area contributed by atoms with Crippen LogP contribution in [-0.2, 0) is 17.6 Å². The second-order valence-corrected chi connectivity index (χ2v) is 6.03. The van der Waals surface area contributed by atoms with Crippen LogP contribution in [-0.4, -0.2) is 36.0 Å². The van der Waals surface area contributed by atoms with Crippen LogP contribution in [0, 0.1) is 0 Å². The number of hydrogen-bond donors (Lipinski definition) is 1. The molecule has 1 aromatic rings. The molecule has 0 aliphatic rings. The van der Waals surface area contributed by atoms with Gasteiger partial charge in [0.1, 0.15) is 10.0 Å². The van der Waals surface area contributed by atoms with Gasteiger partial charge >= 0.3 is 0 Å². The zero-order chi connectivity index (χ0) is 13.4. The highest BCUT2D eigenvalue weighted by molar-refractivity contribution is 7.11. The largest absolute Gasteiger partial charge is 0.382 e. The highest BCUT2D eigenvalue weighted by Crippen LogP contribution is 2.14. The molecule has 0 aliphatic carbocycles. The lowest BCUT2D eigenvalue weighted by Gasteiger charge is -2.06. The first-order chi connectivity index (χ1) is 8.61. The number of rotatable bonds is 9. The Kier molecular flexibility index (Phi) is 7.39. The predicted molar refractivity (Wildman–Crippen MR) is 76.2 cm³/mol. The summed E-state index contributed by atoms with van der Waals surface area (Å²) in [6.45, 7) is 7.47. The topological polar surface area (TPSA) is 47.0 Å². The van der Waals surface area contributed by atoms with E-state index in [1.54, 1.807) is 18.4 Å². The number of nitrogens with one attached hydrogen (secondary N) is 1. The van der Waals surface area contributed by atoms with E-state index in [2.05, 4.69) is 36.3 Å². The van der Waals surface area contributed by atoms with Gasteiger partial charge in [0.05, 0.1) is 6.10 Å². The van der Waals surface area contributed by atoms with Gasteiger partial charge in [-0.2, -0.15) is 0 Å². The van der Waals surface area contributed by atoms with Crippen LogP contribution in [0.3, 0.4) is 0 Å². The molecule has 0 saturated carbocycles. The van der Waals surface area contributed by atoms with Crippen molar-refractivity contribution < 1.29 is 4.74 Å². The summed E-state index contributed by atoms with van der Waals surface area (Å²) in [5, 5.41) is 14.2. The summed E-state index contributed by atoms with van der Waals surface area (Å²) >= 11 is 1.74. The van der Waals surface area contributed by atoms with Crippen LogP contribution in [0.4, 0.5) is 0 Å². The molecule has 18 heavy (non-hydrogen) atoms. The van der Waals surface area contributed by atoms with Crippen LogP contribution in [0.15, 0.2) is 0 Å². The summed E-state index contributed by atoms with van der Waals surface area (Å²) in [6.07, 6.45) is 4.43. The number of nitrogens with zero attached hydrogens (tertiary/aromatic N) is 2. The third-order valence-electron chi connectivity index (χ3n) is 2.80. The Morgan fingerprint density at radius 3 is 2.44 bits per heavy atom. The van der Waals surface area contributed by atoms with E-state index in [0.29, 0.717) is 12.1 Å². The first-order valence-corrected chi connectivity index (χ1v) is 7.51. The Morgan fingerprint density at radius 1 is 1.17 bits per heavy atom. The lowest BCUT2D eigenvalue weighted by molar-refractivity contribution is 0.111. The molecule has 0 amide bonds. The standard InChI is InChI=1S/C13H25N3OS/c1-10(2)14-9-5-6-12-15-16-13(18-12)8-7-11(3)17-4/h10-11,14H,5-9H2,1-4H3. The van der Waals surface area contributed by atoms with Crippen molar-refractivity contribution in [3.05, 3.63) is 10.0 Å². The van der Waals surface area contributed by atoms with Crippen LogP contribution in [0.5, 0.6) is 0 Å². The van der Waals surface area contributed by atoms with Gasteiger partial charge in [-0.25, -0.2) is 0 Å². The van der Waals surface area contributed by atoms with Gasteiger partial charge in [0.2, 0.25) is 0 Å². The Morgan fingerprint density at radius 2 is 1.83 bits per heavy atom. The summed E-state index contributed by atoms with van der Waals surface area (Å²) in [7, 11) is 1.75. The average Bonchev–Trinajstić information content (AvgIpc) is 2.79. The van der Waals surface area contributed by atoms with E-state index in [4.69, 9.17) is 4.74 Å². The summed E-state index contributed by atoms with van der Waals surface area (Å²) in [5.41, 5.74) is 0. The zero-order valence-corrected chi connectivity index (χ0v) is 12.7. The van der Waals surface area contributed by atoms with Gasteiger partial charge in [-0.3, -0.25) is 0 Å². The molecule has 1 unspecified atom stereocenters. The molecule has 0 fully saturated rings. The number of methoxy groups -OCH3 is 1. The fraction of sp³-hybridized carbons (Fsp3) is 0.846. The smallest absolute Gasteiger partial charge is 0.117 e. The molecule has 0 radical (unpaired) electrons. The molecule has 4 nitrogen and oxygen atoms in total. The molecule has 104 valence electrons. The number of ether oxygens (including phenoxy) is 1. The van der Waals surface area contributed by atoms with Crippen LogP contribution in [0.1, 0.15) is 43.6 Å². The molecule has 0 saturated heterocycles. The van der Waals surface area contributed by atoms with Crippen molar-refractivity contribution in [1.29, 1.82) is 0 Å².